The Bertz CT molecular complexity index is 1080. The normalized spacial score (nSPS) is 19.9. The molecule has 0 spiro atoms. The van der Waals surface area contributed by atoms with E-state index in [-0.39, 0.29) is 5.75 Å². The Kier molecular flexibility index (Phi) is 5.55. The molecule has 2 saturated heterocycles. The van der Waals surface area contributed by atoms with Crippen LogP contribution in [0.5, 0.6) is 0 Å². The molecule has 152 valence electrons. The van der Waals surface area contributed by atoms with Crippen LogP contribution in [0, 0.1) is 0 Å². The van der Waals surface area contributed by atoms with Crippen molar-refractivity contribution in [1.82, 2.24) is 0 Å². The van der Waals surface area contributed by atoms with E-state index in [9.17, 15) is 13.2 Å². The molecular weight excluding hydrogens is 433 g/mol. The van der Waals surface area contributed by atoms with Gasteiger partial charge in [-0.3, -0.25) is 9.10 Å². The first-order valence-electron chi connectivity index (χ1n) is 9.31. The van der Waals surface area contributed by atoms with Crippen molar-refractivity contribution in [3.63, 3.8) is 0 Å². The van der Waals surface area contributed by atoms with E-state index in [1.807, 2.05) is 4.90 Å². The summed E-state index contributed by atoms with van der Waals surface area (Å²) in [4.78, 5) is 19.0. The number of hydrogen-bond donors (Lipinski definition) is 0. The first-order chi connectivity index (χ1) is 13.9. The average Bonchev–Trinajstić information content (AvgIpc) is 3.27. The van der Waals surface area contributed by atoms with E-state index in [1.54, 1.807) is 42.5 Å². The Morgan fingerprint density at radius 2 is 1.72 bits per heavy atom. The number of rotatable bonds is 3. The molecule has 1 amide bonds. The van der Waals surface area contributed by atoms with Gasteiger partial charge < -0.3 is 4.90 Å². The van der Waals surface area contributed by atoms with Crippen molar-refractivity contribution in [1.29, 1.82) is 0 Å². The summed E-state index contributed by atoms with van der Waals surface area (Å²) in [5.74, 6) is 0.304. The summed E-state index contributed by atoms with van der Waals surface area (Å²) in [6.45, 7) is 1.09. The Hall–Kier alpha value is -2.09. The third-order valence-corrected chi connectivity index (χ3v) is 7.49. The van der Waals surface area contributed by atoms with Crippen LogP contribution in [0.3, 0.4) is 0 Å². The SMILES string of the molecule is O=C(N=C1CCCN1c1c(Cl)cccc1Cl)c1cccc(N2CCCS2(=O)=O)c1. The summed E-state index contributed by atoms with van der Waals surface area (Å²) in [5.41, 5.74) is 1.48. The van der Waals surface area contributed by atoms with Crippen LogP contribution in [0.1, 0.15) is 29.6 Å². The second-order valence-corrected chi connectivity index (χ2v) is 9.78. The number of sulfonamides is 1. The van der Waals surface area contributed by atoms with Gasteiger partial charge in [-0.2, -0.15) is 4.99 Å². The van der Waals surface area contributed by atoms with Crippen LogP contribution >= 0.6 is 23.2 Å². The zero-order valence-corrected chi connectivity index (χ0v) is 17.8. The van der Waals surface area contributed by atoms with Gasteiger partial charge in [0.2, 0.25) is 10.0 Å². The van der Waals surface area contributed by atoms with Gasteiger partial charge in [-0.1, -0.05) is 35.3 Å². The van der Waals surface area contributed by atoms with Crippen LogP contribution in [-0.4, -0.2) is 39.0 Å². The van der Waals surface area contributed by atoms with Gasteiger partial charge in [0.25, 0.3) is 5.91 Å². The molecule has 4 rings (SSSR count). The molecule has 0 aromatic heterocycles. The number of benzene rings is 2. The fourth-order valence-corrected chi connectivity index (χ4v) is 5.83. The summed E-state index contributed by atoms with van der Waals surface area (Å²) in [7, 11) is -3.31. The third kappa shape index (κ3) is 3.99. The lowest BCUT2D eigenvalue weighted by atomic mass is 10.2. The highest BCUT2D eigenvalue weighted by molar-refractivity contribution is 7.93. The van der Waals surface area contributed by atoms with E-state index in [1.165, 1.54) is 4.31 Å². The largest absolute Gasteiger partial charge is 0.327 e. The molecule has 2 heterocycles. The molecule has 0 atom stereocenters. The van der Waals surface area contributed by atoms with E-state index in [0.717, 1.165) is 6.42 Å². The van der Waals surface area contributed by atoms with Gasteiger partial charge in [-0.15, -0.1) is 0 Å². The zero-order valence-electron chi connectivity index (χ0n) is 15.5. The lowest BCUT2D eigenvalue weighted by molar-refractivity contribution is 0.100. The second kappa shape index (κ2) is 7.97. The van der Waals surface area contributed by atoms with Crippen LogP contribution in [0.2, 0.25) is 10.0 Å². The maximum atomic E-state index is 12.8. The Morgan fingerprint density at radius 3 is 2.41 bits per heavy atom. The summed E-state index contributed by atoms with van der Waals surface area (Å²) in [6.07, 6.45) is 2.05. The van der Waals surface area contributed by atoms with E-state index >= 15 is 0 Å². The fraction of sp³-hybridized carbons (Fsp3) is 0.300. The molecule has 0 unspecified atom stereocenters. The van der Waals surface area contributed by atoms with Gasteiger partial charge >= 0.3 is 0 Å². The summed E-state index contributed by atoms with van der Waals surface area (Å²) in [6, 6.07) is 11.9. The number of halogens is 2. The van der Waals surface area contributed by atoms with Gasteiger partial charge in [0.05, 0.1) is 27.2 Å². The van der Waals surface area contributed by atoms with E-state index in [2.05, 4.69) is 4.99 Å². The predicted molar refractivity (Wildman–Crippen MR) is 117 cm³/mol. The van der Waals surface area contributed by atoms with Gasteiger partial charge in [-0.25, -0.2) is 8.42 Å². The standard InChI is InChI=1S/C20H19Cl2N3O3S/c21-16-7-2-8-17(22)19(16)24-10-3-9-18(24)23-20(26)14-5-1-6-15(13-14)25-11-4-12-29(25,27)28/h1-2,5-8,13H,3-4,9-12H2. The molecule has 0 radical (unpaired) electrons. The highest BCUT2D eigenvalue weighted by Gasteiger charge is 2.29. The monoisotopic (exact) mass is 451 g/mol. The third-order valence-electron chi connectivity index (χ3n) is 5.01. The smallest absolute Gasteiger partial charge is 0.278 e. The molecule has 6 nitrogen and oxygen atoms in total. The first kappa shape index (κ1) is 20.2. The number of amides is 1. The van der Waals surface area contributed by atoms with Crippen LogP contribution in [0.4, 0.5) is 11.4 Å². The van der Waals surface area contributed by atoms with Crippen LogP contribution in [0.25, 0.3) is 0 Å². The van der Waals surface area contributed by atoms with Crippen molar-refractivity contribution in [2.75, 3.05) is 28.0 Å². The molecule has 0 N–H and O–H groups in total. The summed E-state index contributed by atoms with van der Waals surface area (Å²) < 4.78 is 25.7. The van der Waals surface area contributed by atoms with E-state index in [4.69, 9.17) is 23.2 Å². The van der Waals surface area contributed by atoms with Gasteiger partial charge in [0.1, 0.15) is 5.84 Å². The molecule has 2 aliphatic heterocycles. The van der Waals surface area contributed by atoms with Crippen molar-refractivity contribution >= 4 is 56.3 Å². The minimum absolute atomic E-state index is 0.126. The minimum atomic E-state index is -3.31. The van der Waals surface area contributed by atoms with E-state index < -0.39 is 15.9 Å². The molecule has 0 saturated carbocycles. The zero-order chi connectivity index (χ0) is 20.6. The van der Waals surface area contributed by atoms with E-state index in [0.29, 0.717) is 58.8 Å². The lowest BCUT2D eigenvalue weighted by Gasteiger charge is -2.21. The van der Waals surface area contributed by atoms with Crippen molar-refractivity contribution in [3.05, 3.63) is 58.1 Å². The number of carbonyl (C=O) groups is 1. The number of nitrogens with zero attached hydrogens (tertiary/aromatic N) is 3. The van der Waals surface area contributed by atoms with Crippen molar-refractivity contribution in [2.45, 2.75) is 19.3 Å². The number of amidine groups is 1. The van der Waals surface area contributed by atoms with Gasteiger partial charge in [0.15, 0.2) is 0 Å². The number of carbonyl (C=O) groups excluding carboxylic acids is 1. The van der Waals surface area contributed by atoms with Crippen LogP contribution < -0.4 is 9.21 Å². The molecule has 2 aromatic rings. The number of anilines is 2. The molecule has 2 fully saturated rings. The minimum Gasteiger partial charge on any atom is -0.327 e. The molecular formula is C20H19Cl2N3O3S. The van der Waals surface area contributed by atoms with Crippen LogP contribution in [0.15, 0.2) is 47.5 Å². The number of aliphatic imine (C=N–C) groups is 1. The van der Waals surface area contributed by atoms with Gasteiger partial charge in [-0.05, 0) is 43.2 Å². The Labute approximate surface area is 179 Å². The van der Waals surface area contributed by atoms with Crippen molar-refractivity contribution in [3.8, 4) is 0 Å². The van der Waals surface area contributed by atoms with Crippen LogP contribution in [-0.2, 0) is 10.0 Å². The highest BCUT2D eigenvalue weighted by atomic mass is 35.5. The molecule has 9 heteroatoms. The molecule has 0 aliphatic carbocycles. The molecule has 0 bridgehead atoms. The lowest BCUT2D eigenvalue weighted by Crippen LogP contribution is -2.26. The van der Waals surface area contributed by atoms with Crippen molar-refractivity contribution in [2.24, 2.45) is 4.99 Å². The number of para-hydroxylation sites is 1. The molecule has 2 aromatic carbocycles. The Balaban J connectivity index is 1.63. The first-order valence-corrected chi connectivity index (χ1v) is 11.7. The van der Waals surface area contributed by atoms with Gasteiger partial charge in [0, 0.05) is 25.1 Å². The highest BCUT2D eigenvalue weighted by Crippen LogP contribution is 2.36. The maximum absolute atomic E-state index is 12.8. The molecule has 2 aliphatic rings. The summed E-state index contributed by atoms with van der Waals surface area (Å²) in [5, 5.41) is 1.00. The van der Waals surface area contributed by atoms with Crippen molar-refractivity contribution < 1.29 is 13.2 Å². The maximum Gasteiger partial charge on any atom is 0.278 e. The topological polar surface area (TPSA) is 70.1 Å². The average molecular weight is 452 g/mol. The second-order valence-electron chi connectivity index (χ2n) is 6.95. The number of hydrogen-bond acceptors (Lipinski definition) is 3. The predicted octanol–water partition coefficient (Wildman–Crippen LogP) is 4.37. The quantitative estimate of drug-likeness (QED) is 0.694. The fourth-order valence-electron chi connectivity index (χ4n) is 3.67. The molecule has 29 heavy (non-hydrogen) atoms. The Morgan fingerprint density at radius 1 is 1.00 bits per heavy atom. The summed E-state index contributed by atoms with van der Waals surface area (Å²) >= 11 is 12.6.